The first-order valence-electron chi connectivity index (χ1n) is 4.50. The van der Waals surface area contributed by atoms with Gasteiger partial charge in [0, 0.05) is 17.9 Å². The smallest absolute Gasteiger partial charge is 0.265 e. The minimum absolute atomic E-state index is 0.112. The molecule has 1 aromatic rings. The average Bonchev–Trinajstić information content (AvgIpc) is 2.76. The third kappa shape index (κ3) is 1.83. The Morgan fingerprint density at radius 3 is 3.00 bits per heavy atom. The Labute approximate surface area is 95.3 Å². The lowest BCUT2D eigenvalue weighted by Gasteiger charge is -2.13. The quantitative estimate of drug-likeness (QED) is 0.734. The molecule has 0 bridgehead atoms. The van der Waals surface area contributed by atoms with E-state index in [1.54, 1.807) is 11.7 Å². The predicted molar refractivity (Wildman–Crippen MR) is 59.9 cm³/mol. The van der Waals surface area contributed by atoms with Crippen LogP contribution in [0.5, 0.6) is 0 Å². The van der Waals surface area contributed by atoms with Gasteiger partial charge in [0.25, 0.3) is 5.91 Å². The summed E-state index contributed by atoms with van der Waals surface area (Å²) in [5, 5.41) is 0. The molecule has 1 amide bonds. The van der Waals surface area contributed by atoms with Crippen molar-refractivity contribution < 1.29 is 4.79 Å². The van der Waals surface area contributed by atoms with Crippen LogP contribution < -0.4 is 0 Å². The van der Waals surface area contributed by atoms with E-state index in [9.17, 15) is 4.79 Å². The van der Waals surface area contributed by atoms with Crippen molar-refractivity contribution in [2.45, 2.75) is 11.8 Å². The predicted octanol–water partition coefficient (Wildman–Crippen LogP) is 2.00. The molecule has 3 nitrogen and oxygen atoms in total. The molecule has 0 saturated carbocycles. The molecule has 0 N–H and O–H groups in total. The van der Waals surface area contributed by atoms with Crippen molar-refractivity contribution in [3.63, 3.8) is 0 Å². The molecule has 0 spiro atoms. The maximum Gasteiger partial charge on any atom is 0.265 e. The second-order valence-corrected chi connectivity index (χ2v) is 5.63. The van der Waals surface area contributed by atoms with Crippen LogP contribution >= 0.6 is 27.3 Å². The van der Waals surface area contributed by atoms with Crippen LogP contribution in [0.4, 0.5) is 0 Å². The number of halogens is 1. The third-order valence-corrected chi connectivity index (χ3v) is 4.40. The fraction of sp³-hybridized carbons (Fsp3) is 0.556. The van der Waals surface area contributed by atoms with Gasteiger partial charge in [-0.2, -0.15) is 0 Å². The Balaban J connectivity index is 2.07. The summed E-state index contributed by atoms with van der Waals surface area (Å²) in [6.45, 7) is 3.80. The molecule has 5 heteroatoms. The van der Waals surface area contributed by atoms with Crippen molar-refractivity contribution in [2.75, 3.05) is 13.1 Å². The standard InChI is InChI=1S/C9H11BrN2OS/c1-6-3-12(4-7(6)10)9(13)8-2-11-5-14-8/h2,5-7H,3-4H2,1H3. The summed E-state index contributed by atoms with van der Waals surface area (Å²) in [6.07, 6.45) is 1.64. The van der Waals surface area contributed by atoms with E-state index in [-0.39, 0.29) is 5.91 Å². The van der Waals surface area contributed by atoms with E-state index in [0.717, 1.165) is 18.0 Å². The van der Waals surface area contributed by atoms with E-state index in [1.165, 1.54) is 11.3 Å². The van der Waals surface area contributed by atoms with E-state index in [2.05, 4.69) is 27.8 Å². The highest BCUT2D eigenvalue weighted by molar-refractivity contribution is 9.09. The molecular weight excluding hydrogens is 264 g/mol. The number of amides is 1. The Bertz CT molecular complexity index is 318. The van der Waals surface area contributed by atoms with Crippen molar-refractivity contribution >= 4 is 33.2 Å². The largest absolute Gasteiger partial charge is 0.336 e. The highest BCUT2D eigenvalue weighted by Gasteiger charge is 2.31. The van der Waals surface area contributed by atoms with Crippen LogP contribution in [-0.2, 0) is 0 Å². The number of alkyl halides is 1. The normalized spacial score (nSPS) is 26.9. The maximum absolute atomic E-state index is 11.9. The third-order valence-electron chi connectivity index (χ3n) is 2.45. The fourth-order valence-electron chi connectivity index (χ4n) is 1.57. The van der Waals surface area contributed by atoms with Crippen LogP contribution in [0.2, 0.25) is 0 Å². The molecule has 1 fully saturated rings. The molecule has 0 aromatic carbocycles. The molecule has 1 aliphatic heterocycles. The van der Waals surface area contributed by atoms with Gasteiger partial charge in [0.2, 0.25) is 0 Å². The first kappa shape index (κ1) is 10.1. The molecule has 0 aliphatic carbocycles. The number of nitrogens with zero attached hydrogens (tertiary/aromatic N) is 2. The van der Waals surface area contributed by atoms with Crippen molar-refractivity contribution in [2.24, 2.45) is 5.92 Å². The van der Waals surface area contributed by atoms with Crippen LogP contribution in [0.3, 0.4) is 0 Å². The zero-order valence-electron chi connectivity index (χ0n) is 7.81. The lowest BCUT2D eigenvalue weighted by atomic mass is 10.2. The Hall–Kier alpha value is -0.420. The van der Waals surface area contributed by atoms with Crippen molar-refractivity contribution in [3.8, 4) is 0 Å². The highest BCUT2D eigenvalue weighted by Crippen LogP contribution is 2.24. The summed E-state index contributed by atoms with van der Waals surface area (Å²) in [6, 6.07) is 0. The topological polar surface area (TPSA) is 33.2 Å². The molecule has 2 atom stereocenters. The number of carbonyl (C=O) groups is 1. The maximum atomic E-state index is 11.9. The van der Waals surface area contributed by atoms with E-state index < -0.39 is 0 Å². The number of carbonyl (C=O) groups excluding carboxylic acids is 1. The van der Waals surface area contributed by atoms with Gasteiger partial charge in [-0.05, 0) is 5.92 Å². The minimum atomic E-state index is 0.112. The zero-order valence-corrected chi connectivity index (χ0v) is 10.2. The van der Waals surface area contributed by atoms with E-state index in [1.807, 2.05) is 4.90 Å². The van der Waals surface area contributed by atoms with Crippen molar-refractivity contribution in [3.05, 3.63) is 16.6 Å². The van der Waals surface area contributed by atoms with Gasteiger partial charge in [-0.15, -0.1) is 11.3 Å². The zero-order chi connectivity index (χ0) is 10.1. The average molecular weight is 275 g/mol. The Kier molecular flexibility index (Phi) is 2.88. The molecule has 1 aliphatic rings. The van der Waals surface area contributed by atoms with Gasteiger partial charge in [-0.25, -0.2) is 0 Å². The van der Waals surface area contributed by atoms with Gasteiger partial charge in [-0.3, -0.25) is 9.78 Å². The number of hydrogen-bond donors (Lipinski definition) is 0. The summed E-state index contributed by atoms with van der Waals surface area (Å²) in [5.74, 6) is 0.646. The van der Waals surface area contributed by atoms with Gasteiger partial charge in [0.15, 0.2) is 0 Å². The molecular formula is C9H11BrN2OS. The van der Waals surface area contributed by atoms with Gasteiger partial charge in [0.1, 0.15) is 4.88 Å². The summed E-state index contributed by atoms with van der Waals surface area (Å²) in [7, 11) is 0. The van der Waals surface area contributed by atoms with Gasteiger partial charge >= 0.3 is 0 Å². The molecule has 76 valence electrons. The number of hydrogen-bond acceptors (Lipinski definition) is 3. The fourth-order valence-corrected chi connectivity index (χ4v) is 2.67. The number of likely N-dealkylation sites (tertiary alicyclic amines) is 1. The minimum Gasteiger partial charge on any atom is -0.336 e. The van der Waals surface area contributed by atoms with Gasteiger partial charge in [-0.1, -0.05) is 22.9 Å². The van der Waals surface area contributed by atoms with Crippen LogP contribution in [0.1, 0.15) is 16.6 Å². The van der Waals surface area contributed by atoms with E-state index in [0.29, 0.717) is 10.7 Å². The van der Waals surface area contributed by atoms with Crippen LogP contribution in [-0.4, -0.2) is 33.7 Å². The first-order valence-corrected chi connectivity index (χ1v) is 6.30. The highest BCUT2D eigenvalue weighted by atomic mass is 79.9. The second-order valence-electron chi connectivity index (χ2n) is 3.57. The Morgan fingerprint density at radius 1 is 1.71 bits per heavy atom. The SMILES string of the molecule is CC1CN(C(=O)c2cncs2)CC1Br. The molecule has 2 heterocycles. The lowest BCUT2D eigenvalue weighted by Crippen LogP contribution is -2.28. The summed E-state index contributed by atoms with van der Waals surface area (Å²) in [4.78, 5) is 18.8. The number of rotatable bonds is 1. The summed E-state index contributed by atoms with van der Waals surface area (Å²) < 4.78 is 0. The van der Waals surface area contributed by atoms with E-state index >= 15 is 0 Å². The molecule has 2 unspecified atom stereocenters. The van der Waals surface area contributed by atoms with Crippen LogP contribution in [0.15, 0.2) is 11.7 Å². The van der Waals surface area contributed by atoms with Crippen molar-refractivity contribution in [1.82, 2.24) is 9.88 Å². The molecule has 14 heavy (non-hydrogen) atoms. The molecule has 1 aromatic heterocycles. The lowest BCUT2D eigenvalue weighted by molar-refractivity contribution is 0.0793. The van der Waals surface area contributed by atoms with Crippen LogP contribution in [0, 0.1) is 5.92 Å². The number of thiazole rings is 1. The molecule has 1 saturated heterocycles. The molecule has 0 radical (unpaired) electrons. The second kappa shape index (κ2) is 3.98. The Morgan fingerprint density at radius 2 is 2.50 bits per heavy atom. The monoisotopic (exact) mass is 274 g/mol. The summed E-state index contributed by atoms with van der Waals surface area (Å²) >= 11 is 4.97. The van der Waals surface area contributed by atoms with E-state index in [4.69, 9.17) is 0 Å². The first-order chi connectivity index (χ1) is 6.68. The number of aromatic nitrogens is 1. The van der Waals surface area contributed by atoms with Crippen LogP contribution in [0.25, 0.3) is 0 Å². The summed E-state index contributed by atoms with van der Waals surface area (Å²) in [5.41, 5.74) is 1.69. The van der Waals surface area contributed by atoms with Crippen molar-refractivity contribution in [1.29, 1.82) is 0 Å². The van der Waals surface area contributed by atoms with Gasteiger partial charge < -0.3 is 4.90 Å². The molecule has 2 rings (SSSR count). The van der Waals surface area contributed by atoms with Gasteiger partial charge in [0.05, 0.1) is 11.7 Å².